The summed E-state index contributed by atoms with van der Waals surface area (Å²) in [4.78, 5) is 0. The minimum atomic E-state index is -0.865. The van der Waals surface area contributed by atoms with Crippen molar-refractivity contribution in [2.45, 2.75) is 32.5 Å². The normalized spacial score (nSPS) is 17.5. The first-order valence-corrected chi connectivity index (χ1v) is 4.45. The second-order valence-electron chi connectivity index (χ2n) is 3.02. The van der Waals surface area contributed by atoms with Crippen LogP contribution in [0.5, 0.6) is 0 Å². The molecule has 0 aromatic carbocycles. The quantitative estimate of drug-likeness (QED) is 0.627. The third-order valence-corrected chi connectivity index (χ3v) is 1.96. The largest absolute Gasteiger partial charge is 0.394 e. The van der Waals surface area contributed by atoms with Crippen LogP contribution in [0.4, 0.5) is 0 Å². The van der Waals surface area contributed by atoms with E-state index in [1.165, 1.54) is 0 Å². The maximum atomic E-state index is 9.13. The molecule has 0 fully saturated rings. The summed E-state index contributed by atoms with van der Waals surface area (Å²) >= 11 is 0. The summed E-state index contributed by atoms with van der Waals surface area (Å²) in [6, 6.07) is 2.09. The van der Waals surface area contributed by atoms with Crippen LogP contribution in [0.3, 0.4) is 0 Å². The maximum Gasteiger partial charge on any atom is 0.103 e. The van der Waals surface area contributed by atoms with Crippen molar-refractivity contribution in [3.8, 4) is 6.07 Å². The van der Waals surface area contributed by atoms with Gasteiger partial charge in [-0.25, -0.2) is 0 Å². The molecule has 13 heavy (non-hydrogen) atoms. The Bertz CT molecular complexity index is 167. The Kier molecular flexibility index (Phi) is 6.51. The molecule has 0 aromatic rings. The first-order valence-electron chi connectivity index (χ1n) is 4.45. The fourth-order valence-electron chi connectivity index (χ4n) is 0.774. The second-order valence-corrected chi connectivity index (χ2v) is 3.02. The molecule has 0 bridgehead atoms. The number of rotatable bonds is 6. The molecule has 0 aliphatic heterocycles. The lowest BCUT2D eigenvalue weighted by Gasteiger charge is -2.18. The maximum absolute atomic E-state index is 9.13. The van der Waals surface area contributed by atoms with Crippen LogP contribution in [0, 0.1) is 17.2 Å². The molecule has 0 amide bonds. The number of nitrogens with zero attached hydrogens (tertiary/aromatic N) is 1. The molecular formula is C9H17NO3. The van der Waals surface area contributed by atoms with Gasteiger partial charge in [-0.2, -0.15) is 5.26 Å². The Morgan fingerprint density at radius 1 is 1.54 bits per heavy atom. The summed E-state index contributed by atoms with van der Waals surface area (Å²) in [5.74, 6) is -0.131. The van der Waals surface area contributed by atoms with Gasteiger partial charge in [-0.1, -0.05) is 6.92 Å². The number of hydrogen-bond donors (Lipinski definition) is 2. The number of ether oxygens (including phenoxy) is 1. The van der Waals surface area contributed by atoms with Crippen LogP contribution in [0.15, 0.2) is 0 Å². The third-order valence-electron chi connectivity index (χ3n) is 1.96. The van der Waals surface area contributed by atoms with Crippen molar-refractivity contribution in [3.63, 3.8) is 0 Å². The summed E-state index contributed by atoms with van der Waals surface area (Å²) in [7, 11) is 0. The summed E-state index contributed by atoms with van der Waals surface area (Å²) in [5.41, 5.74) is 0. The Morgan fingerprint density at radius 2 is 2.15 bits per heavy atom. The molecule has 0 saturated heterocycles. The predicted molar refractivity (Wildman–Crippen MR) is 47.9 cm³/mol. The van der Waals surface area contributed by atoms with Crippen LogP contribution in [-0.2, 0) is 4.74 Å². The van der Waals surface area contributed by atoms with Gasteiger partial charge < -0.3 is 14.9 Å². The van der Waals surface area contributed by atoms with Crippen molar-refractivity contribution in [1.82, 2.24) is 0 Å². The van der Waals surface area contributed by atoms with Gasteiger partial charge in [0.15, 0.2) is 0 Å². The lowest BCUT2D eigenvalue weighted by molar-refractivity contribution is -0.0541. The van der Waals surface area contributed by atoms with E-state index >= 15 is 0 Å². The zero-order chi connectivity index (χ0) is 10.3. The van der Waals surface area contributed by atoms with E-state index in [0.29, 0.717) is 6.61 Å². The molecule has 0 aromatic heterocycles. The van der Waals surface area contributed by atoms with E-state index in [9.17, 15) is 0 Å². The van der Waals surface area contributed by atoms with Gasteiger partial charge in [-0.05, 0) is 13.3 Å². The van der Waals surface area contributed by atoms with E-state index in [1.54, 1.807) is 6.92 Å². The van der Waals surface area contributed by atoms with Crippen molar-refractivity contribution in [3.05, 3.63) is 0 Å². The van der Waals surface area contributed by atoms with Gasteiger partial charge in [-0.15, -0.1) is 0 Å². The molecule has 0 aliphatic rings. The highest BCUT2D eigenvalue weighted by molar-refractivity contribution is 4.81. The molecule has 2 unspecified atom stereocenters. The number of aliphatic hydroxyl groups excluding tert-OH is 2. The summed E-state index contributed by atoms with van der Waals surface area (Å²) in [6.07, 6.45) is -0.554. The number of nitriles is 1. The smallest absolute Gasteiger partial charge is 0.103 e. The third kappa shape index (κ3) is 4.83. The van der Waals surface area contributed by atoms with Crippen LogP contribution in [-0.4, -0.2) is 35.6 Å². The molecule has 0 heterocycles. The molecule has 2 N–H and O–H groups in total. The topological polar surface area (TPSA) is 73.5 Å². The molecule has 0 saturated carbocycles. The van der Waals surface area contributed by atoms with Gasteiger partial charge in [-0.3, -0.25) is 0 Å². The van der Waals surface area contributed by atoms with Gasteiger partial charge in [0.25, 0.3) is 0 Å². The van der Waals surface area contributed by atoms with Crippen LogP contribution >= 0.6 is 0 Å². The molecule has 0 radical (unpaired) electrons. The Labute approximate surface area is 78.8 Å². The lowest BCUT2D eigenvalue weighted by Crippen LogP contribution is -2.30. The highest BCUT2D eigenvalue weighted by atomic mass is 16.5. The van der Waals surface area contributed by atoms with Crippen LogP contribution in [0.1, 0.15) is 20.3 Å². The highest BCUT2D eigenvalue weighted by Gasteiger charge is 2.15. The zero-order valence-electron chi connectivity index (χ0n) is 8.10. The minimum Gasteiger partial charge on any atom is -0.394 e. The lowest BCUT2D eigenvalue weighted by atomic mass is 10.1. The van der Waals surface area contributed by atoms with E-state index in [1.807, 2.05) is 6.92 Å². The Hall–Kier alpha value is -0.630. The molecule has 3 atom stereocenters. The molecule has 0 aliphatic carbocycles. The van der Waals surface area contributed by atoms with Gasteiger partial charge >= 0.3 is 0 Å². The predicted octanol–water partition coefficient (Wildman–Crippen LogP) is 0.294. The van der Waals surface area contributed by atoms with Crippen molar-refractivity contribution < 1.29 is 14.9 Å². The molecule has 4 nitrogen and oxygen atoms in total. The fraction of sp³-hybridized carbons (Fsp3) is 0.889. The highest BCUT2D eigenvalue weighted by Crippen LogP contribution is 2.05. The average molecular weight is 187 g/mol. The summed E-state index contributed by atoms with van der Waals surface area (Å²) in [6.45, 7) is 3.57. The fourth-order valence-corrected chi connectivity index (χ4v) is 0.774. The summed E-state index contributed by atoms with van der Waals surface area (Å²) < 4.78 is 5.21. The van der Waals surface area contributed by atoms with Crippen LogP contribution < -0.4 is 0 Å². The Morgan fingerprint density at radius 3 is 2.54 bits per heavy atom. The molecule has 4 heteroatoms. The van der Waals surface area contributed by atoms with E-state index in [0.717, 1.165) is 6.42 Å². The monoisotopic (exact) mass is 187 g/mol. The molecule has 0 spiro atoms. The average Bonchev–Trinajstić information content (AvgIpc) is 2.17. The van der Waals surface area contributed by atoms with E-state index in [2.05, 4.69) is 6.07 Å². The van der Waals surface area contributed by atoms with E-state index in [-0.39, 0.29) is 12.5 Å². The molecular weight excluding hydrogens is 170 g/mol. The van der Waals surface area contributed by atoms with Gasteiger partial charge in [0, 0.05) is 0 Å². The van der Waals surface area contributed by atoms with Crippen LogP contribution in [0.2, 0.25) is 0 Å². The van der Waals surface area contributed by atoms with Crippen LogP contribution in [0.25, 0.3) is 0 Å². The minimum absolute atomic E-state index is 0.131. The zero-order valence-corrected chi connectivity index (χ0v) is 8.10. The number of hydrogen-bond acceptors (Lipinski definition) is 4. The molecule has 0 rings (SSSR count). The molecule has 76 valence electrons. The first-order chi connectivity index (χ1) is 6.15. The summed E-state index contributed by atoms with van der Waals surface area (Å²) in [5, 5.41) is 26.3. The van der Waals surface area contributed by atoms with Crippen molar-refractivity contribution in [1.29, 1.82) is 5.26 Å². The first kappa shape index (κ1) is 12.4. The van der Waals surface area contributed by atoms with E-state index < -0.39 is 12.2 Å². The van der Waals surface area contributed by atoms with Gasteiger partial charge in [0.2, 0.25) is 0 Å². The van der Waals surface area contributed by atoms with Crippen molar-refractivity contribution >= 4 is 0 Å². The van der Waals surface area contributed by atoms with Gasteiger partial charge in [0.05, 0.1) is 31.3 Å². The van der Waals surface area contributed by atoms with E-state index in [4.69, 9.17) is 20.2 Å². The Balaban J connectivity index is 3.69. The van der Waals surface area contributed by atoms with Crippen molar-refractivity contribution in [2.75, 3.05) is 13.2 Å². The SMILES string of the molecule is CCC(C#N)CO[C@@H](C)C(O)CO. The standard InChI is InChI=1S/C9H17NO3/c1-3-8(4-10)6-13-7(2)9(12)5-11/h7-9,11-12H,3,5-6H2,1-2H3/t7-,8?,9?/m0/s1. The second kappa shape index (κ2) is 6.84. The van der Waals surface area contributed by atoms with Gasteiger partial charge in [0.1, 0.15) is 6.10 Å². The van der Waals surface area contributed by atoms with Crippen molar-refractivity contribution in [2.24, 2.45) is 5.92 Å². The number of aliphatic hydroxyl groups is 2.